The highest BCUT2D eigenvalue weighted by Crippen LogP contribution is 2.07. The molecule has 0 atom stereocenters. The van der Waals surface area contributed by atoms with Gasteiger partial charge in [0, 0.05) is 17.5 Å². The fourth-order valence-electron chi connectivity index (χ4n) is 1.13. The number of benzene rings is 1. The number of halogens is 1. The number of hydrogen-bond acceptors (Lipinski definition) is 0. The lowest BCUT2D eigenvalue weighted by molar-refractivity contribution is -0.488. The van der Waals surface area contributed by atoms with Crippen molar-refractivity contribution in [1.29, 1.82) is 0 Å². The summed E-state index contributed by atoms with van der Waals surface area (Å²) >= 11 is 5.87. The Morgan fingerprint density at radius 3 is 2.55 bits per heavy atom. The van der Waals surface area contributed by atoms with Crippen LogP contribution in [0, 0.1) is 0 Å². The summed E-state index contributed by atoms with van der Waals surface area (Å²) in [6.07, 6.45) is 1.82. The van der Waals surface area contributed by atoms with E-state index in [9.17, 15) is 0 Å². The molecule has 0 aliphatic carbocycles. The molecular weight excluding hydrogens is 158 g/mol. The van der Waals surface area contributed by atoms with Crippen molar-refractivity contribution in [3.8, 4) is 0 Å². The molecular formula is C9H7ClN+. The summed E-state index contributed by atoms with van der Waals surface area (Å²) in [6, 6.07) is 12.0. The molecule has 0 saturated carbocycles. The third-order valence-corrected chi connectivity index (χ3v) is 1.95. The van der Waals surface area contributed by atoms with Crippen LogP contribution in [0.2, 0.25) is 0 Å². The minimum absolute atomic E-state index is 1.04. The maximum absolute atomic E-state index is 5.87. The van der Waals surface area contributed by atoms with Gasteiger partial charge in [-0.3, -0.25) is 0 Å². The molecule has 0 radical (unpaired) electrons. The van der Waals surface area contributed by atoms with Crippen molar-refractivity contribution < 1.29 is 4.09 Å². The van der Waals surface area contributed by atoms with Gasteiger partial charge in [-0.25, -0.2) is 0 Å². The average molecular weight is 165 g/mol. The topological polar surface area (TPSA) is 3.88 Å². The van der Waals surface area contributed by atoms with Crippen molar-refractivity contribution in [2.24, 2.45) is 0 Å². The minimum atomic E-state index is 1.04. The molecule has 1 heterocycles. The number of hydrogen-bond donors (Lipinski definition) is 0. The van der Waals surface area contributed by atoms with Gasteiger partial charge < -0.3 is 0 Å². The highest BCUT2D eigenvalue weighted by Gasteiger charge is 2.02. The first-order valence-corrected chi connectivity index (χ1v) is 3.77. The van der Waals surface area contributed by atoms with Gasteiger partial charge in [0.25, 0.3) is 11.8 Å². The zero-order valence-corrected chi connectivity index (χ0v) is 6.62. The van der Waals surface area contributed by atoms with E-state index in [0.717, 1.165) is 10.9 Å². The van der Waals surface area contributed by atoms with Gasteiger partial charge in [0.15, 0.2) is 6.20 Å². The third kappa shape index (κ3) is 1.08. The molecule has 54 valence electrons. The van der Waals surface area contributed by atoms with Gasteiger partial charge >= 0.3 is 0 Å². The first kappa shape index (κ1) is 6.62. The van der Waals surface area contributed by atoms with E-state index in [-0.39, 0.29) is 0 Å². The number of pyridine rings is 1. The second kappa shape index (κ2) is 2.51. The van der Waals surface area contributed by atoms with Crippen LogP contribution in [0.25, 0.3) is 10.9 Å². The second-order valence-electron chi connectivity index (χ2n) is 2.38. The van der Waals surface area contributed by atoms with E-state index in [1.165, 1.54) is 0 Å². The highest BCUT2D eigenvalue weighted by atomic mass is 35.5. The molecule has 0 spiro atoms. The molecule has 0 amide bonds. The Kier molecular flexibility index (Phi) is 1.51. The third-order valence-electron chi connectivity index (χ3n) is 1.66. The summed E-state index contributed by atoms with van der Waals surface area (Å²) < 4.78 is 1.59. The number of para-hydroxylation sites is 1. The first-order chi connectivity index (χ1) is 5.38. The lowest BCUT2D eigenvalue weighted by Crippen LogP contribution is -2.19. The number of aromatic nitrogens is 1. The molecule has 1 aromatic carbocycles. The molecule has 11 heavy (non-hydrogen) atoms. The van der Waals surface area contributed by atoms with E-state index in [1.54, 1.807) is 4.09 Å². The van der Waals surface area contributed by atoms with Crippen LogP contribution in [0.4, 0.5) is 0 Å². The Morgan fingerprint density at radius 1 is 1.00 bits per heavy atom. The zero-order valence-electron chi connectivity index (χ0n) is 5.87. The van der Waals surface area contributed by atoms with Crippen LogP contribution in [0.3, 0.4) is 0 Å². The van der Waals surface area contributed by atoms with Crippen molar-refractivity contribution in [1.82, 2.24) is 0 Å². The highest BCUT2D eigenvalue weighted by molar-refractivity contribution is 6.06. The maximum Gasteiger partial charge on any atom is 0.268 e. The fourth-order valence-corrected chi connectivity index (χ4v) is 1.34. The van der Waals surface area contributed by atoms with E-state index in [2.05, 4.69) is 0 Å². The van der Waals surface area contributed by atoms with Crippen molar-refractivity contribution in [3.63, 3.8) is 0 Å². The summed E-state index contributed by atoms with van der Waals surface area (Å²) in [7, 11) is 0. The van der Waals surface area contributed by atoms with Crippen LogP contribution >= 0.6 is 11.8 Å². The summed E-state index contributed by atoms with van der Waals surface area (Å²) in [5, 5.41) is 1.16. The van der Waals surface area contributed by atoms with E-state index >= 15 is 0 Å². The monoisotopic (exact) mass is 164 g/mol. The summed E-state index contributed by atoms with van der Waals surface area (Å²) in [5.41, 5.74) is 1.04. The van der Waals surface area contributed by atoms with Gasteiger partial charge in [-0.05, 0) is 12.1 Å². The van der Waals surface area contributed by atoms with Crippen molar-refractivity contribution in [2.45, 2.75) is 0 Å². The van der Waals surface area contributed by atoms with Crippen molar-refractivity contribution in [2.75, 3.05) is 0 Å². The molecule has 0 N–H and O–H groups in total. The number of fused-ring (bicyclic) bond motifs is 1. The predicted molar refractivity (Wildman–Crippen MR) is 45.4 cm³/mol. The molecule has 1 nitrogen and oxygen atoms in total. The summed E-state index contributed by atoms with van der Waals surface area (Å²) in [4.78, 5) is 0. The van der Waals surface area contributed by atoms with Crippen LogP contribution < -0.4 is 4.09 Å². The van der Waals surface area contributed by atoms with Gasteiger partial charge in [-0.1, -0.05) is 16.2 Å². The molecule has 0 bridgehead atoms. The van der Waals surface area contributed by atoms with Crippen LogP contribution in [-0.2, 0) is 0 Å². The van der Waals surface area contributed by atoms with E-state index < -0.39 is 0 Å². The number of rotatable bonds is 0. The van der Waals surface area contributed by atoms with Crippen LogP contribution in [0.5, 0.6) is 0 Å². The lowest BCUT2D eigenvalue weighted by Gasteiger charge is -1.89. The summed E-state index contributed by atoms with van der Waals surface area (Å²) in [5.74, 6) is 0. The molecule has 0 aliphatic rings. The Labute approximate surface area is 70.0 Å². The van der Waals surface area contributed by atoms with Gasteiger partial charge in [-0.15, -0.1) is 0 Å². The Bertz CT molecular complexity index is 379. The standard InChI is InChI=1S/C9H7ClN/c10-11-7-3-5-8-4-1-2-6-9(8)11/h1-7H/q+1. The Morgan fingerprint density at radius 2 is 1.73 bits per heavy atom. The van der Waals surface area contributed by atoms with Crippen molar-refractivity contribution >= 4 is 22.7 Å². The predicted octanol–water partition coefficient (Wildman–Crippen LogP) is 2.13. The van der Waals surface area contributed by atoms with Crippen LogP contribution in [0.15, 0.2) is 42.6 Å². The van der Waals surface area contributed by atoms with Gasteiger partial charge in [0.2, 0.25) is 5.52 Å². The molecule has 2 rings (SSSR count). The average Bonchev–Trinajstić information content (AvgIpc) is 2.06. The zero-order chi connectivity index (χ0) is 7.68. The van der Waals surface area contributed by atoms with Crippen LogP contribution in [0.1, 0.15) is 0 Å². The second-order valence-corrected chi connectivity index (χ2v) is 2.74. The molecule has 2 aromatic rings. The molecule has 2 heteroatoms. The van der Waals surface area contributed by atoms with Gasteiger partial charge in [-0.2, -0.15) is 0 Å². The normalized spacial score (nSPS) is 10.3. The quantitative estimate of drug-likeness (QED) is 0.562. The molecule has 0 aliphatic heterocycles. The van der Waals surface area contributed by atoms with Crippen LogP contribution in [-0.4, -0.2) is 0 Å². The van der Waals surface area contributed by atoms with E-state index in [0.29, 0.717) is 0 Å². The minimum Gasteiger partial charge on any atom is -0.0826 e. The lowest BCUT2D eigenvalue weighted by atomic mass is 10.2. The van der Waals surface area contributed by atoms with E-state index in [4.69, 9.17) is 11.8 Å². The SMILES string of the molecule is Cl[n+]1cccc2ccccc21. The van der Waals surface area contributed by atoms with Gasteiger partial charge in [0.1, 0.15) is 0 Å². The number of nitrogens with zero attached hydrogens (tertiary/aromatic N) is 1. The molecule has 1 aromatic heterocycles. The van der Waals surface area contributed by atoms with Crippen molar-refractivity contribution in [3.05, 3.63) is 42.6 Å². The van der Waals surface area contributed by atoms with E-state index in [1.807, 2.05) is 42.6 Å². The molecule has 0 fully saturated rings. The molecule has 0 saturated heterocycles. The largest absolute Gasteiger partial charge is 0.268 e. The Hall–Kier alpha value is -1.08. The molecule has 0 unspecified atom stereocenters. The maximum atomic E-state index is 5.87. The Balaban J connectivity index is 2.91. The fraction of sp³-hybridized carbons (Fsp3) is 0. The first-order valence-electron chi connectivity index (χ1n) is 3.43. The smallest absolute Gasteiger partial charge is 0.0826 e. The summed E-state index contributed by atoms with van der Waals surface area (Å²) in [6.45, 7) is 0. The van der Waals surface area contributed by atoms with Gasteiger partial charge in [0.05, 0.1) is 0 Å².